The SMILES string of the molecule is O=C(NCc1ccccc1)c1snnc1-c1ccc(F)cc1. The molecule has 2 aromatic carbocycles. The third-order valence-electron chi connectivity index (χ3n) is 3.11. The maximum absolute atomic E-state index is 13.0. The van der Waals surface area contributed by atoms with E-state index < -0.39 is 0 Å². The highest BCUT2D eigenvalue weighted by molar-refractivity contribution is 7.08. The minimum Gasteiger partial charge on any atom is -0.347 e. The molecule has 6 heteroatoms. The lowest BCUT2D eigenvalue weighted by Gasteiger charge is -2.05. The summed E-state index contributed by atoms with van der Waals surface area (Å²) in [6.45, 7) is 0.431. The number of hydrogen-bond acceptors (Lipinski definition) is 4. The van der Waals surface area contributed by atoms with Crippen LogP contribution in [0.15, 0.2) is 54.6 Å². The number of aromatic nitrogens is 2. The smallest absolute Gasteiger partial charge is 0.265 e. The van der Waals surface area contributed by atoms with E-state index >= 15 is 0 Å². The van der Waals surface area contributed by atoms with E-state index in [9.17, 15) is 9.18 Å². The molecule has 0 aliphatic rings. The number of carbonyl (C=O) groups is 1. The van der Waals surface area contributed by atoms with E-state index in [0.29, 0.717) is 22.7 Å². The van der Waals surface area contributed by atoms with Crippen molar-refractivity contribution < 1.29 is 9.18 Å². The van der Waals surface area contributed by atoms with E-state index in [1.54, 1.807) is 12.1 Å². The van der Waals surface area contributed by atoms with Crippen LogP contribution in [-0.4, -0.2) is 15.5 Å². The molecule has 1 N–H and O–H groups in total. The molecule has 22 heavy (non-hydrogen) atoms. The van der Waals surface area contributed by atoms with Gasteiger partial charge in [0.25, 0.3) is 5.91 Å². The van der Waals surface area contributed by atoms with Gasteiger partial charge in [-0.05, 0) is 41.4 Å². The Labute approximate surface area is 130 Å². The molecule has 0 atom stereocenters. The van der Waals surface area contributed by atoms with Crippen LogP contribution in [0.25, 0.3) is 11.3 Å². The van der Waals surface area contributed by atoms with Crippen LogP contribution in [0.1, 0.15) is 15.2 Å². The quantitative estimate of drug-likeness (QED) is 0.804. The molecule has 0 unspecified atom stereocenters. The van der Waals surface area contributed by atoms with Crippen LogP contribution in [0.2, 0.25) is 0 Å². The predicted molar refractivity (Wildman–Crippen MR) is 82.9 cm³/mol. The van der Waals surface area contributed by atoms with E-state index in [2.05, 4.69) is 14.9 Å². The van der Waals surface area contributed by atoms with Crippen molar-refractivity contribution in [2.24, 2.45) is 0 Å². The maximum Gasteiger partial charge on any atom is 0.265 e. The van der Waals surface area contributed by atoms with Crippen molar-refractivity contribution >= 4 is 17.4 Å². The number of amides is 1. The van der Waals surface area contributed by atoms with Gasteiger partial charge in [-0.1, -0.05) is 34.8 Å². The molecule has 0 saturated heterocycles. The zero-order valence-electron chi connectivity index (χ0n) is 11.5. The minimum atomic E-state index is -0.331. The molecular weight excluding hydrogens is 301 g/mol. The summed E-state index contributed by atoms with van der Waals surface area (Å²) in [5, 5.41) is 6.82. The van der Waals surface area contributed by atoms with Crippen molar-refractivity contribution in [3.63, 3.8) is 0 Å². The number of nitrogens with one attached hydrogen (secondary N) is 1. The summed E-state index contributed by atoms with van der Waals surface area (Å²) in [4.78, 5) is 12.7. The lowest BCUT2D eigenvalue weighted by molar-refractivity contribution is 0.0955. The lowest BCUT2D eigenvalue weighted by atomic mass is 10.1. The van der Waals surface area contributed by atoms with E-state index in [4.69, 9.17) is 0 Å². The van der Waals surface area contributed by atoms with Crippen LogP contribution in [0.4, 0.5) is 4.39 Å². The average molecular weight is 313 g/mol. The van der Waals surface area contributed by atoms with Gasteiger partial charge in [-0.3, -0.25) is 4.79 Å². The van der Waals surface area contributed by atoms with Gasteiger partial charge in [-0.15, -0.1) is 5.10 Å². The highest BCUT2D eigenvalue weighted by atomic mass is 32.1. The highest BCUT2D eigenvalue weighted by Crippen LogP contribution is 2.24. The van der Waals surface area contributed by atoms with Gasteiger partial charge in [-0.2, -0.15) is 0 Å². The third kappa shape index (κ3) is 3.17. The van der Waals surface area contributed by atoms with Gasteiger partial charge in [0.15, 0.2) is 0 Å². The fourth-order valence-corrected chi connectivity index (χ4v) is 2.60. The van der Waals surface area contributed by atoms with Crippen molar-refractivity contribution in [1.82, 2.24) is 14.9 Å². The van der Waals surface area contributed by atoms with Crippen LogP contribution in [0.3, 0.4) is 0 Å². The van der Waals surface area contributed by atoms with E-state index in [1.165, 1.54) is 12.1 Å². The molecule has 0 aliphatic carbocycles. The van der Waals surface area contributed by atoms with Gasteiger partial charge in [0.2, 0.25) is 0 Å². The monoisotopic (exact) mass is 313 g/mol. The van der Waals surface area contributed by atoms with E-state index in [-0.39, 0.29) is 11.7 Å². The van der Waals surface area contributed by atoms with Crippen LogP contribution in [0, 0.1) is 5.82 Å². The second-order valence-electron chi connectivity index (χ2n) is 4.63. The molecule has 0 saturated carbocycles. The maximum atomic E-state index is 13.0. The second-order valence-corrected chi connectivity index (χ2v) is 5.38. The molecule has 0 spiro atoms. The van der Waals surface area contributed by atoms with Crippen molar-refractivity contribution in [3.8, 4) is 11.3 Å². The number of carbonyl (C=O) groups excluding carboxylic acids is 1. The minimum absolute atomic E-state index is 0.238. The van der Waals surface area contributed by atoms with E-state index in [1.807, 2.05) is 30.3 Å². The summed E-state index contributed by atoms with van der Waals surface area (Å²) in [7, 11) is 0. The van der Waals surface area contributed by atoms with Gasteiger partial charge in [0.05, 0.1) is 0 Å². The van der Waals surface area contributed by atoms with Crippen molar-refractivity contribution in [2.45, 2.75) is 6.54 Å². The molecule has 1 aromatic heterocycles. The van der Waals surface area contributed by atoms with Gasteiger partial charge < -0.3 is 5.32 Å². The first-order valence-corrected chi connectivity index (χ1v) is 7.42. The summed E-state index contributed by atoms with van der Waals surface area (Å²) in [6, 6.07) is 15.5. The number of benzene rings is 2. The molecule has 0 radical (unpaired) electrons. The van der Waals surface area contributed by atoms with Crippen molar-refractivity contribution in [3.05, 3.63) is 70.9 Å². The number of hydrogen-bond donors (Lipinski definition) is 1. The second kappa shape index (κ2) is 6.44. The normalized spacial score (nSPS) is 10.4. The first-order chi connectivity index (χ1) is 10.7. The average Bonchev–Trinajstić information content (AvgIpc) is 3.04. The molecular formula is C16H12FN3OS. The van der Waals surface area contributed by atoms with Crippen LogP contribution in [-0.2, 0) is 6.54 Å². The number of halogens is 1. The Bertz CT molecular complexity index is 772. The summed E-state index contributed by atoms with van der Waals surface area (Å²) >= 11 is 1.02. The standard InChI is InChI=1S/C16H12FN3OS/c17-13-8-6-12(7-9-13)14-15(22-20-19-14)16(21)18-10-11-4-2-1-3-5-11/h1-9H,10H2,(H,18,21). The summed E-state index contributed by atoms with van der Waals surface area (Å²) in [5.74, 6) is -0.569. The van der Waals surface area contributed by atoms with E-state index in [0.717, 1.165) is 17.1 Å². The Morgan fingerprint density at radius 1 is 1.09 bits per heavy atom. The Balaban J connectivity index is 1.76. The largest absolute Gasteiger partial charge is 0.347 e. The molecule has 0 bridgehead atoms. The fraction of sp³-hybridized carbons (Fsp3) is 0.0625. The van der Waals surface area contributed by atoms with Crippen molar-refractivity contribution in [1.29, 1.82) is 0 Å². The number of rotatable bonds is 4. The summed E-state index contributed by atoms with van der Waals surface area (Å²) in [6.07, 6.45) is 0. The highest BCUT2D eigenvalue weighted by Gasteiger charge is 2.17. The molecule has 110 valence electrons. The van der Waals surface area contributed by atoms with Gasteiger partial charge in [-0.25, -0.2) is 4.39 Å². The first kappa shape index (κ1) is 14.3. The molecule has 1 amide bonds. The Hall–Kier alpha value is -2.60. The molecule has 4 nitrogen and oxygen atoms in total. The van der Waals surface area contributed by atoms with Gasteiger partial charge in [0.1, 0.15) is 16.4 Å². The molecule has 0 aliphatic heterocycles. The Morgan fingerprint density at radius 2 is 1.82 bits per heavy atom. The summed E-state index contributed by atoms with van der Waals surface area (Å²) < 4.78 is 16.8. The first-order valence-electron chi connectivity index (χ1n) is 6.64. The zero-order valence-corrected chi connectivity index (χ0v) is 12.3. The molecule has 3 rings (SSSR count). The molecule has 0 fully saturated rings. The predicted octanol–water partition coefficient (Wildman–Crippen LogP) is 3.27. The zero-order chi connectivity index (χ0) is 15.4. The van der Waals surface area contributed by atoms with Gasteiger partial charge >= 0.3 is 0 Å². The van der Waals surface area contributed by atoms with Crippen molar-refractivity contribution in [2.75, 3.05) is 0 Å². The molecule has 3 aromatic rings. The van der Waals surface area contributed by atoms with Gasteiger partial charge in [0, 0.05) is 12.1 Å². The van der Waals surface area contributed by atoms with Crippen LogP contribution in [0.5, 0.6) is 0 Å². The lowest BCUT2D eigenvalue weighted by Crippen LogP contribution is -2.22. The Morgan fingerprint density at radius 3 is 2.55 bits per heavy atom. The topological polar surface area (TPSA) is 54.9 Å². The summed E-state index contributed by atoms with van der Waals surface area (Å²) in [5.41, 5.74) is 2.15. The number of nitrogens with zero attached hydrogens (tertiary/aromatic N) is 2. The van der Waals surface area contributed by atoms with Crippen LogP contribution < -0.4 is 5.32 Å². The Kier molecular flexibility index (Phi) is 4.20. The third-order valence-corrected chi connectivity index (χ3v) is 3.83. The fourth-order valence-electron chi connectivity index (χ4n) is 1.99. The van der Waals surface area contributed by atoms with Crippen LogP contribution >= 0.6 is 11.5 Å². The molecule has 1 heterocycles.